The fourth-order valence-electron chi connectivity index (χ4n) is 1.79. The number of β-amino-alcohol motifs (C(OH)–C–C–N with tert-alkyl or cyclic N) is 1. The smallest absolute Gasteiger partial charge is 0.154 e. The molecule has 1 aromatic rings. The Labute approximate surface area is 139 Å². The van der Waals surface area contributed by atoms with Crippen LogP contribution in [0.3, 0.4) is 0 Å². The molecule has 0 spiro atoms. The van der Waals surface area contributed by atoms with E-state index in [0.29, 0.717) is 17.7 Å². The molecular weight excluding hydrogens is 326 g/mol. The van der Waals surface area contributed by atoms with Crippen LogP contribution in [0.25, 0.3) is 0 Å². The highest BCUT2D eigenvalue weighted by Crippen LogP contribution is 2.24. The number of sulfone groups is 1. The number of hydrogen-bond acceptors (Lipinski definition) is 5. The maximum Gasteiger partial charge on any atom is 0.154 e. The van der Waals surface area contributed by atoms with E-state index >= 15 is 0 Å². The van der Waals surface area contributed by atoms with Crippen molar-refractivity contribution in [3.05, 3.63) is 29.3 Å². The molecule has 1 rings (SSSR count). The standard InChI is InChI=1S/C15H25NO4S.ClH/c1-5-21(19,20)10-12-8-11(6-7-13(12)17)14(18)9-16-15(2,3)4;/h6-8,14,16-18H,5,9-10H2,1-4H3;1H. The largest absolute Gasteiger partial charge is 0.508 e. The molecule has 0 saturated carbocycles. The Morgan fingerprint density at radius 1 is 1.27 bits per heavy atom. The molecule has 0 radical (unpaired) electrons. The topological polar surface area (TPSA) is 86.6 Å². The molecule has 0 fully saturated rings. The van der Waals surface area contributed by atoms with E-state index in [1.165, 1.54) is 6.07 Å². The van der Waals surface area contributed by atoms with Crippen molar-refractivity contribution in [1.29, 1.82) is 0 Å². The minimum atomic E-state index is -3.23. The number of hydrogen-bond donors (Lipinski definition) is 3. The molecule has 5 nitrogen and oxygen atoms in total. The van der Waals surface area contributed by atoms with Crippen molar-refractivity contribution in [2.24, 2.45) is 0 Å². The average Bonchev–Trinajstić information content (AvgIpc) is 2.37. The highest BCUT2D eigenvalue weighted by atomic mass is 35.5. The van der Waals surface area contributed by atoms with Crippen LogP contribution in [0.2, 0.25) is 0 Å². The van der Waals surface area contributed by atoms with Crippen molar-refractivity contribution in [2.75, 3.05) is 12.3 Å². The zero-order valence-electron chi connectivity index (χ0n) is 13.5. The average molecular weight is 352 g/mol. The number of phenolic OH excluding ortho intramolecular Hbond substituents is 1. The third-order valence-corrected chi connectivity index (χ3v) is 4.76. The van der Waals surface area contributed by atoms with Crippen LogP contribution < -0.4 is 5.32 Å². The van der Waals surface area contributed by atoms with E-state index < -0.39 is 15.9 Å². The van der Waals surface area contributed by atoms with E-state index in [9.17, 15) is 18.6 Å². The minimum absolute atomic E-state index is 0. The molecule has 0 aliphatic rings. The van der Waals surface area contributed by atoms with Gasteiger partial charge in [-0.15, -0.1) is 12.4 Å². The molecule has 7 heteroatoms. The van der Waals surface area contributed by atoms with Crippen LogP contribution in [-0.4, -0.2) is 36.5 Å². The molecule has 0 heterocycles. The summed E-state index contributed by atoms with van der Waals surface area (Å²) in [6.07, 6.45) is -0.757. The second-order valence-corrected chi connectivity index (χ2v) is 8.56. The van der Waals surface area contributed by atoms with Gasteiger partial charge in [0.25, 0.3) is 0 Å². The van der Waals surface area contributed by atoms with Gasteiger partial charge in [0.2, 0.25) is 0 Å². The fourth-order valence-corrected chi connectivity index (χ4v) is 2.70. The van der Waals surface area contributed by atoms with E-state index in [4.69, 9.17) is 0 Å². The summed E-state index contributed by atoms with van der Waals surface area (Å²) in [6.45, 7) is 7.91. The first-order valence-corrected chi connectivity index (χ1v) is 8.81. The summed E-state index contributed by atoms with van der Waals surface area (Å²) in [4.78, 5) is 0. The van der Waals surface area contributed by atoms with Crippen molar-refractivity contribution in [2.45, 2.75) is 45.1 Å². The van der Waals surface area contributed by atoms with Gasteiger partial charge < -0.3 is 15.5 Å². The molecule has 0 amide bonds. The van der Waals surface area contributed by atoms with Crippen LogP contribution in [0.4, 0.5) is 0 Å². The third kappa shape index (κ3) is 6.96. The minimum Gasteiger partial charge on any atom is -0.508 e. The van der Waals surface area contributed by atoms with Crippen LogP contribution in [0.5, 0.6) is 5.75 Å². The highest BCUT2D eigenvalue weighted by molar-refractivity contribution is 7.90. The zero-order chi connectivity index (χ0) is 16.3. The molecule has 22 heavy (non-hydrogen) atoms. The number of phenols is 1. The Bertz CT molecular complexity index is 582. The second-order valence-electron chi connectivity index (χ2n) is 6.21. The van der Waals surface area contributed by atoms with Gasteiger partial charge in [0.15, 0.2) is 9.84 Å². The van der Waals surface area contributed by atoms with Crippen LogP contribution in [0, 0.1) is 0 Å². The first kappa shape index (κ1) is 21.2. The maximum absolute atomic E-state index is 11.7. The molecule has 3 N–H and O–H groups in total. The van der Waals surface area contributed by atoms with Crippen LogP contribution >= 0.6 is 12.4 Å². The predicted octanol–water partition coefficient (Wildman–Crippen LogP) is 2.17. The first-order valence-electron chi connectivity index (χ1n) is 6.99. The van der Waals surface area contributed by atoms with Gasteiger partial charge in [0, 0.05) is 23.4 Å². The van der Waals surface area contributed by atoms with Crippen LogP contribution in [0.15, 0.2) is 18.2 Å². The summed E-state index contributed by atoms with van der Waals surface area (Å²) < 4.78 is 23.3. The fraction of sp³-hybridized carbons (Fsp3) is 0.600. The van der Waals surface area contributed by atoms with Crippen molar-refractivity contribution < 1.29 is 18.6 Å². The SMILES string of the molecule is CCS(=O)(=O)Cc1cc(C(O)CNC(C)(C)C)ccc1O.Cl. The summed E-state index contributed by atoms with van der Waals surface area (Å²) in [5.74, 6) is -0.264. The number of halogens is 1. The van der Waals surface area contributed by atoms with Crippen LogP contribution in [-0.2, 0) is 15.6 Å². The number of aliphatic hydroxyl groups is 1. The molecule has 1 aromatic carbocycles. The van der Waals surface area contributed by atoms with Crippen molar-refractivity contribution >= 4 is 22.2 Å². The summed E-state index contributed by atoms with van der Waals surface area (Å²) in [6, 6.07) is 4.58. The van der Waals surface area contributed by atoms with E-state index in [1.807, 2.05) is 20.8 Å². The molecule has 0 saturated heterocycles. The van der Waals surface area contributed by atoms with Crippen molar-refractivity contribution in [3.8, 4) is 5.75 Å². The first-order chi connectivity index (χ1) is 9.54. The lowest BCUT2D eigenvalue weighted by atomic mass is 10.0. The third-order valence-electron chi connectivity index (χ3n) is 3.13. The monoisotopic (exact) mass is 351 g/mol. The number of nitrogens with one attached hydrogen (secondary N) is 1. The lowest BCUT2D eigenvalue weighted by Gasteiger charge is -2.23. The maximum atomic E-state index is 11.7. The van der Waals surface area contributed by atoms with Gasteiger partial charge in [0.1, 0.15) is 5.75 Å². The Morgan fingerprint density at radius 2 is 1.86 bits per heavy atom. The molecule has 1 unspecified atom stereocenters. The molecule has 0 aliphatic heterocycles. The number of rotatable bonds is 6. The van der Waals surface area contributed by atoms with Gasteiger partial charge in [-0.2, -0.15) is 0 Å². The van der Waals surface area contributed by atoms with E-state index in [0.717, 1.165) is 0 Å². The molecule has 128 valence electrons. The van der Waals surface area contributed by atoms with Gasteiger partial charge in [-0.05, 0) is 38.5 Å². The van der Waals surface area contributed by atoms with Gasteiger partial charge in [-0.25, -0.2) is 8.42 Å². The number of benzene rings is 1. The normalized spacial score (nSPS) is 13.5. The molecule has 0 aliphatic carbocycles. The number of aliphatic hydroxyl groups excluding tert-OH is 1. The number of aromatic hydroxyl groups is 1. The van der Waals surface area contributed by atoms with Gasteiger partial charge in [0.05, 0.1) is 11.9 Å². The Hall–Kier alpha value is -0.820. The Kier molecular flexibility index (Phi) is 7.85. The molecule has 0 bridgehead atoms. The van der Waals surface area contributed by atoms with Gasteiger partial charge >= 0.3 is 0 Å². The second kappa shape index (κ2) is 8.15. The predicted molar refractivity (Wildman–Crippen MR) is 91.2 cm³/mol. The highest BCUT2D eigenvalue weighted by Gasteiger charge is 2.17. The summed E-state index contributed by atoms with van der Waals surface area (Å²) in [5, 5.41) is 23.1. The summed E-state index contributed by atoms with van der Waals surface area (Å²) in [5.41, 5.74) is 0.793. The van der Waals surface area contributed by atoms with Crippen molar-refractivity contribution in [3.63, 3.8) is 0 Å². The van der Waals surface area contributed by atoms with Gasteiger partial charge in [-0.1, -0.05) is 13.0 Å². The lowest BCUT2D eigenvalue weighted by Crippen LogP contribution is -2.38. The van der Waals surface area contributed by atoms with Crippen LogP contribution in [0.1, 0.15) is 44.9 Å². The zero-order valence-corrected chi connectivity index (χ0v) is 15.1. The van der Waals surface area contributed by atoms with Gasteiger partial charge in [-0.3, -0.25) is 0 Å². The summed E-state index contributed by atoms with van der Waals surface area (Å²) >= 11 is 0. The Morgan fingerprint density at radius 3 is 2.36 bits per heavy atom. The lowest BCUT2D eigenvalue weighted by molar-refractivity contribution is 0.163. The quantitative estimate of drug-likeness (QED) is 0.731. The van der Waals surface area contributed by atoms with E-state index in [1.54, 1.807) is 19.1 Å². The molecule has 1 atom stereocenters. The summed E-state index contributed by atoms with van der Waals surface area (Å²) in [7, 11) is -3.23. The molecule has 0 aromatic heterocycles. The molecular formula is C15H26ClNO4S. The van der Waals surface area contributed by atoms with E-state index in [-0.39, 0.29) is 35.2 Å². The Balaban J connectivity index is 0.00000441. The van der Waals surface area contributed by atoms with Crippen molar-refractivity contribution in [1.82, 2.24) is 5.32 Å². The van der Waals surface area contributed by atoms with E-state index in [2.05, 4.69) is 5.32 Å².